The first-order valence-corrected chi connectivity index (χ1v) is 8.41. The molecule has 0 bridgehead atoms. The number of anilines is 1. The lowest BCUT2D eigenvalue weighted by Crippen LogP contribution is -2.42. The fraction of sp³-hybridized carbons (Fsp3) is 0.625. The summed E-state index contributed by atoms with van der Waals surface area (Å²) in [6.45, 7) is 0.826. The molecule has 1 aromatic carbocycles. The molecule has 1 heterocycles. The average Bonchev–Trinajstić information content (AvgIpc) is 2.44. The molecule has 1 saturated carbocycles. The molecule has 2 aliphatic rings. The quantitative estimate of drug-likeness (QED) is 0.822. The summed E-state index contributed by atoms with van der Waals surface area (Å²) in [4.78, 5) is 0.878. The Morgan fingerprint density at radius 3 is 2.85 bits per heavy atom. The van der Waals surface area contributed by atoms with Crippen molar-refractivity contribution < 1.29 is 9.13 Å². The molecule has 1 aromatic rings. The molecule has 1 aliphatic heterocycles. The Morgan fingerprint density at radius 1 is 1.25 bits per heavy atom. The third kappa shape index (κ3) is 3.12. The van der Waals surface area contributed by atoms with Crippen molar-refractivity contribution >= 4 is 17.4 Å². The Hall–Kier alpha value is -0.740. The van der Waals surface area contributed by atoms with Crippen LogP contribution in [0.4, 0.5) is 10.1 Å². The SMILES string of the molecule is Nc1ccc(F)cc1SC1CCOC2(CCCCC2)C1. The van der Waals surface area contributed by atoms with Crippen LogP contribution in [0.1, 0.15) is 44.9 Å². The topological polar surface area (TPSA) is 35.2 Å². The van der Waals surface area contributed by atoms with Gasteiger partial charge in [0.25, 0.3) is 0 Å². The van der Waals surface area contributed by atoms with Crippen molar-refractivity contribution in [3.63, 3.8) is 0 Å². The standard InChI is InChI=1S/C16H22FNOS/c17-12-4-5-14(18)15(10-12)20-13-6-9-19-16(11-13)7-2-1-3-8-16/h4-5,10,13H,1-3,6-9,11,18H2. The molecule has 1 spiro atoms. The minimum absolute atomic E-state index is 0.0935. The second kappa shape index (κ2) is 5.94. The van der Waals surface area contributed by atoms with Gasteiger partial charge < -0.3 is 10.5 Å². The van der Waals surface area contributed by atoms with Gasteiger partial charge in [-0.05, 0) is 43.9 Å². The number of ether oxygens (including phenoxy) is 1. The van der Waals surface area contributed by atoms with Crippen molar-refractivity contribution in [1.29, 1.82) is 0 Å². The van der Waals surface area contributed by atoms with Crippen LogP contribution in [0.2, 0.25) is 0 Å². The number of nitrogen functional groups attached to an aromatic ring is 1. The predicted octanol–water partition coefficient (Wildman–Crippen LogP) is 4.38. The van der Waals surface area contributed by atoms with Gasteiger partial charge in [0.2, 0.25) is 0 Å². The molecule has 2 N–H and O–H groups in total. The highest BCUT2D eigenvalue weighted by molar-refractivity contribution is 8.00. The highest BCUT2D eigenvalue weighted by atomic mass is 32.2. The number of benzene rings is 1. The number of halogens is 1. The zero-order chi connectivity index (χ0) is 14.0. The molecule has 20 heavy (non-hydrogen) atoms. The highest BCUT2D eigenvalue weighted by Crippen LogP contribution is 2.44. The monoisotopic (exact) mass is 295 g/mol. The molecule has 2 fully saturated rings. The minimum atomic E-state index is -0.207. The van der Waals surface area contributed by atoms with Crippen LogP contribution in [0.15, 0.2) is 23.1 Å². The molecule has 4 heteroatoms. The fourth-order valence-electron chi connectivity index (χ4n) is 3.42. The van der Waals surface area contributed by atoms with E-state index in [1.54, 1.807) is 23.9 Å². The van der Waals surface area contributed by atoms with Crippen molar-refractivity contribution in [1.82, 2.24) is 0 Å². The molecule has 1 atom stereocenters. The summed E-state index contributed by atoms with van der Waals surface area (Å²) in [5.41, 5.74) is 6.73. The van der Waals surface area contributed by atoms with Gasteiger partial charge in [0.15, 0.2) is 0 Å². The normalized spacial score (nSPS) is 25.8. The molecule has 1 saturated heterocycles. The van der Waals surface area contributed by atoms with Crippen LogP contribution in [0.5, 0.6) is 0 Å². The van der Waals surface area contributed by atoms with E-state index >= 15 is 0 Å². The third-order valence-corrected chi connectivity index (χ3v) is 5.82. The number of hydrogen-bond acceptors (Lipinski definition) is 3. The summed E-state index contributed by atoms with van der Waals surface area (Å²) in [6, 6.07) is 4.64. The third-order valence-electron chi connectivity index (χ3n) is 4.48. The van der Waals surface area contributed by atoms with E-state index in [-0.39, 0.29) is 11.4 Å². The second-order valence-corrected chi connectivity index (χ2v) is 7.35. The summed E-state index contributed by atoms with van der Waals surface area (Å²) in [7, 11) is 0. The minimum Gasteiger partial charge on any atom is -0.398 e. The maximum absolute atomic E-state index is 13.4. The molecule has 110 valence electrons. The lowest BCUT2D eigenvalue weighted by Gasteiger charge is -2.43. The average molecular weight is 295 g/mol. The summed E-state index contributed by atoms with van der Waals surface area (Å²) in [6.07, 6.45) is 8.36. The fourth-order valence-corrected chi connectivity index (χ4v) is 4.76. The van der Waals surface area contributed by atoms with E-state index in [4.69, 9.17) is 10.5 Å². The van der Waals surface area contributed by atoms with Crippen molar-refractivity contribution in [3.8, 4) is 0 Å². The van der Waals surface area contributed by atoms with Crippen LogP contribution in [-0.4, -0.2) is 17.5 Å². The maximum Gasteiger partial charge on any atom is 0.124 e. The van der Waals surface area contributed by atoms with Gasteiger partial charge in [-0.25, -0.2) is 4.39 Å². The van der Waals surface area contributed by atoms with Gasteiger partial charge in [-0.1, -0.05) is 19.3 Å². The van der Waals surface area contributed by atoms with Gasteiger partial charge in [-0.2, -0.15) is 0 Å². The second-order valence-electron chi connectivity index (χ2n) is 6.01. The lowest BCUT2D eigenvalue weighted by molar-refractivity contribution is -0.0970. The Balaban J connectivity index is 1.69. The van der Waals surface area contributed by atoms with Crippen molar-refractivity contribution in [2.45, 2.75) is 60.7 Å². The molecule has 0 amide bonds. The summed E-state index contributed by atoms with van der Waals surface area (Å²) in [5.74, 6) is -0.207. The van der Waals surface area contributed by atoms with Crippen molar-refractivity contribution in [2.75, 3.05) is 12.3 Å². The van der Waals surface area contributed by atoms with Gasteiger partial charge >= 0.3 is 0 Å². The van der Waals surface area contributed by atoms with Gasteiger partial charge in [-0.15, -0.1) is 11.8 Å². The highest BCUT2D eigenvalue weighted by Gasteiger charge is 2.38. The molecule has 0 aromatic heterocycles. The van der Waals surface area contributed by atoms with Crippen LogP contribution in [0.3, 0.4) is 0 Å². The van der Waals surface area contributed by atoms with Crippen molar-refractivity contribution in [2.24, 2.45) is 0 Å². The van der Waals surface area contributed by atoms with Gasteiger partial charge in [0.1, 0.15) is 5.82 Å². The zero-order valence-electron chi connectivity index (χ0n) is 11.7. The molecule has 1 unspecified atom stereocenters. The molecule has 2 nitrogen and oxygen atoms in total. The first-order valence-electron chi connectivity index (χ1n) is 7.53. The number of thioether (sulfide) groups is 1. The first-order chi connectivity index (χ1) is 9.67. The zero-order valence-corrected chi connectivity index (χ0v) is 12.6. The van der Waals surface area contributed by atoms with E-state index in [0.29, 0.717) is 10.9 Å². The smallest absolute Gasteiger partial charge is 0.124 e. The molecular weight excluding hydrogens is 273 g/mol. The summed E-state index contributed by atoms with van der Waals surface area (Å²) >= 11 is 1.73. The molecular formula is C16H22FNOS. The number of rotatable bonds is 2. The molecule has 1 aliphatic carbocycles. The van der Waals surface area contributed by atoms with E-state index < -0.39 is 0 Å². The lowest BCUT2D eigenvalue weighted by atomic mass is 9.80. The van der Waals surface area contributed by atoms with Gasteiger partial charge in [0.05, 0.1) is 5.60 Å². The van der Waals surface area contributed by atoms with Gasteiger partial charge in [-0.3, -0.25) is 0 Å². The van der Waals surface area contributed by atoms with Crippen LogP contribution in [-0.2, 0) is 4.74 Å². The molecule has 3 rings (SSSR count). The Morgan fingerprint density at radius 2 is 2.05 bits per heavy atom. The maximum atomic E-state index is 13.4. The number of hydrogen-bond donors (Lipinski definition) is 1. The van der Waals surface area contributed by atoms with E-state index in [1.807, 2.05) is 0 Å². The van der Waals surface area contributed by atoms with Crippen molar-refractivity contribution in [3.05, 3.63) is 24.0 Å². The Labute approximate surface area is 124 Å². The van der Waals surface area contributed by atoms with Crippen LogP contribution in [0.25, 0.3) is 0 Å². The van der Waals surface area contributed by atoms with E-state index in [2.05, 4.69) is 0 Å². The predicted molar refractivity (Wildman–Crippen MR) is 81.5 cm³/mol. The largest absolute Gasteiger partial charge is 0.398 e. The van der Waals surface area contributed by atoms with Crippen LogP contribution >= 0.6 is 11.8 Å². The Bertz CT molecular complexity index is 468. The van der Waals surface area contributed by atoms with E-state index in [1.165, 1.54) is 38.2 Å². The first kappa shape index (κ1) is 14.2. The Kier molecular flexibility index (Phi) is 4.22. The summed E-state index contributed by atoms with van der Waals surface area (Å²) < 4.78 is 19.5. The number of nitrogens with two attached hydrogens (primary N) is 1. The molecule has 0 radical (unpaired) electrons. The van der Waals surface area contributed by atoms with E-state index in [9.17, 15) is 4.39 Å². The van der Waals surface area contributed by atoms with Gasteiger partial charge in [0, 0.05) is 22.4 Å². The van der Waals surface area contributed by atoms with Crippen LogP contribution in [0, 0.1) is 5.82 Å². The van der Waals surface area contributed by atoms with E-state index in [0.717, 1.165) is 24.3 Å². The van der Waals surface area contributed by atoms with Crippen LogP contribution < -0.4 is 5.73 Å². The summed E-state index contributed by atoms with van der Waals surface area (Å²) in [5, 5.41) is 0.492.